The number of rotatable bonds is 7. The molecular formula is C13H16F3NO4S. The maximum absolute atomic E-state index is 11.8. The van der Waals surface area contributed by atoms with Crippen LogP contribution in [0.5, 0.6) is 0 Å². The molecule has 22 heavy (non-hydrogen) atoms. The molecular weight excluding hydrogens is 323 g/mol. The summed E-state index contributed by atoms with van der Waals surface area (Å²) >= 11 is 0. The van der Waals surface area contributed by atoms with E-state index in [2.05, 4.69) is 10.1 Å². The average Bonchev–Trinajstić information content (AvgIpc) is 2.34. The first-order valence-electron chi connectivity index (χ1n) is 6.22. The van der Waals surface area contributed by atoms with Crippen molar-refractivity contribution in [3.05, 3.63) is 35.4 Å². The summed E-state index contributed by atoms with van der Waals surface area (Å²) in [7, 11) is -3.12. The zero-order chi connectivity index (χ0) is 16.8. The van der Waals surface area contributed by atoms with Gasteiger partial charge in [0.25, 0.3) is 0 Å². The second-order valence-corrected chi connectivity index (χ2v) is 6.91. The number of alkyl halides is 3. The Hall–Kier alpha value is -1.61. The summed E-state index contributed by atoms with van der Waals surface area (Å²) < 4.78 is 61.9. The van der Waals surface area contributed by atoms with E-state index in [1.165, 1.54) is 0 Å². The molecule has 124 valence electrons. The van der Waals surface area contributed by atoms with Crippen LogP contribution in [0.4, 0.5) is 13.2 Å². The van der Waals surface area contributed by atoms with Gasteiger partial charge in [0.05, 0.1) is 5.75 Å². The second kappa shape index (κ2) is 7.59. The van der Waals surface area contributed by atoms with E-state index in [-0.39, 0.29) is 12.3 Å². The van der Waals surface area contributed by atoms with Crippen LogP contribution in [0.2, 0.25) is 0 Å². The molecule has 0 aliphatic rings. The molecule has 0 bridgehead atoms. The predicted molar refractivity (Wildman–Crippen MR) is 73.7 cm³/mol. The number of carbonyl (C=O) groups is 1. The Morgan fingerprint density at radius 2 is 1.73 bits per heavy atom. The molecule has 0 aromatic heterocycles. The molecule has 1 aromatic rings. The van der Waals surface area contributed by atoms with Crippen LogP contribution in [0.1, 0.15) is 11.1 Å². The van der Waals surface area contributed by atoms with E-state index in [0.29, 0.717) is 11.1 Å². The normalized spacial score (nSPS) is 12.2. The quantitative estimate of drug-likeness (QED) is 0.816. The van der Waals surface area contributed by atoms with Gasteiger partial charge in [0.2, 0.25) is 5.91 Å². The van der Waals surface area contributed by atoms with Gasteiger partial charge in [0, 0.05) is 12.8 Å². The van der Waals surface area contributed by atoms with Crippen molar-refractivity contribution < 1.29 is 31.1 Å². The number of carbonyl (C=O) groups excluding carboxylic acids is 1. The number of halogens is 3. The molecule has 0 saturated carbocycles. The highest BCUT2D eigenvalue weighted by molar-refractivity contribution is 7.89. The van der Waals surface area contributed by atoms with E-state index in [9.17, 15) is 26.4 Å². The number of hydrogen-bond acceptors (Lipinski definition) is 4. The summed E-state index contributed by atoms with van der Waals surface area (Å²) in [5, 5.41) is 2.40. The fourth-order valence-electron chi connectivity index (χ4n) is 1.57. The van der Waals surface area contributed by atoms with Crippen LogP contribution in [0, 0.1) is 0 Å². The summed E-state index contributed by atoms with van der Waals surface area (Å²) in [6, 6.07) is 6.50. The monoisotopic (exact) mass is 339 g/mol. The first-order chi connectivity index (χ1) is 10.1. The van der Waals surface area contributed by atoms with Crippen LogP contribution >= 0.6 is 0 Å². The van der Waals surface area contributed by atoms with Crippen molar-refractivity contribution in [1.29, 1.82) is 0 Å². The fraction of sp³-hybridized carbons (Fsp3) is 0.462. The van der Waals surface area contributed by atoms with Crippen molar-refractivity contribution in [1.82, 2.24) is 5.32 Å². The van der Waals surface area contributed by atoms with E-state index in [1.807, 2.05) is 0 Å². The van der Waals surface area contributed by atoms with Gasteiger partial charge in [0.15, 0.2) is 9.84 Å². The molecule has 5 nitrogen and oxygen atoms in total. The topological polar surface area (TPSA) is 72.5 Å². The Morgan fingerprint density at radius 1 is 1.18 bits per heavy atom. The lowest BCUT2D eigenvalue weighted by atomic mass is 10.1. The highest BCUT2D eigenvalue weighted by Crippen LogP contribution is 2.14. The van der Waals surface area contributed by atoms with Crippen LogP contribution < -0.4 is 5.32 Å². The summed E-state index contributed by atoms with van der Waals surface area (Å²) in [5.74, 6) is -0.741. The van der Waals surface area contributed by atoms with Crippen LogP contribution in [0.25, 0.3) is 0 Å². The predicted octanol–water partition coefficient (Wildman–Crippen LogP) is 1.43. The molecule has 1 rings (SSSR count). The van der Waals surface area contributed by atoms with Gasteiger partial charge in [-0.25, -0.2) is 8.42 Å². The zero-order valence-electron chi connectivity index (χ0n) is 11.8. The lowest BCUT2D eigenvalue weighted by Crippen LogP contribution is -2.29. The maximum Gasteiger partial charge on any atom is 0.411 e. The van der Waals surface area contributed by atoms with Crippen molar-refractivity contribution in [2.75, 3.05) is 19.5 Å². The molecule has 0 spiro atoms. The average molecular weight is 339 g/mol. The third kappa shape index (κ3) is 8.63. The van der Waals surface area contributed by atoms with E-state index in [0.717, 1.165) is 6.26 Å². The van der Waals surface area contributed by atoms with E-state index in [1.54, 1.807) is 24.3 Å². The van der Waals surface area contributed by atoms with Gasteiger partial charge < -0.3 is 10.1 Å². The Kier molecular flexibility index (Phi) is 6.36. The molecule has 9 heteroatoms. The molecule has 0 heterocycles. The molecule has 0 unspecified atom stereocenters. The number of ether oxygens (including phenoxy) is 1. The second-order valence-electron chi connectivity index (χ2n) is 4.77. The molecule has 1 N–H and O–H groups in total. The largest absolute Gasteiger partial charge is 0.411 e. The van der Waals surface area contributed by atoms with Gasteiger partial charge in [-0.05, 0) is 11.1 Å². The Balaban J connectivity index is 2.37. The Labute approximate surface area is 126 Å². The SMILES string of the molecule is CS(=O)(=O)Cc1ccc(CNC(=O)COCC(F)(F)F)cc1. The van der Waals surface area contributed by atoms with Gasteiger partial charge in [-0.3, -0.25) is 4.79 Å². The molecule has 0 aliphatic heterocycles. The Morgan fingerprint density at radius 3 is 2.23 bits per heavy atom. The summed E-state index contributed by atoms with van der Waals surface area (Å²) in [6.07, 6.45) is -3.34. The van der Waals surface area contributed by atoms with E-state index >= 15 is 0 Å². The summed E-state index contributed by atoms with van der Waals surface area (Å²) in [4.78, 5) is 11.3. The van der Waals surface area contributed by atoms with E-state index < -0.39 is 35.1 Å². The minimum absolute atomic E-state index is 0.0785. The van der Waals surface area contributed by atoms with Crippen LogP contribution in [0.15, 0.2) is 24.3 Å². The Bertz CT molecular complexity index is 597. The molecule has 0 saturated heterocycles. The summed E-state index contributed by atoms with van der Waals surface area (Å²) in [6.45, 7) is -2.03. The van der Waals surface area contributed by atoms with Gasteiger partial charge in [-0.2, -0.15) is 13.2 Å². The van der Waals surface area contributed by atoms with Gasteiger partial charge >= 0.3 is 6.18 Å². The first kappa shape index (κ1) is 18.4. The maximum atomic E-state index is 11.8. The molecule has 0 aliphatic carbocycles. The number of sulfone groups is 1. The number of amides is 1. The molecule has 0 radical (unpaired) electrons. The molecule has 0 fully saturated rings. The standard InChI is InChI=1S/C13H16F3NO4S/c1-22(19,20)8-11-4-2-10(3-5-11)6-17-12(18)7-21-9-13(14,15)16/h2-5H,6-9H2,1H3,(H,17,18). The molecule has 1 aromatic carbocycles. The highest BCUT2D eigenvalue weighted by atomic mass is 32.2. The summed E-state index contributed by atoms with van der Waals surface area (Å²) in [5.41, 5.74) is 1.31. The van der Waals surface area contributed by atoms with Crippen molar-refractivity contribution in [3.63, 3.8) is 0 Å². The van der Waals surface area contributed by atoms with Crippen LogP contribution in [-0.2, 0) is 31.7 Å². The van der Waals surface area contributed by atoms with Crippen molar-refractivity contribution in [2.45, 2.75) is 18.5 Å². The van der Waals surface area contributed by atoms with Gasteiger partial charge in [-0.1, -0.05) is 24.3 Å². The van der Waals surface area contributed by atoms with Crippen LogP contribution in [0.3, 0.4) is 0 Å². The third-order valence-electron chi connectivity index (χ3n) is 2.44. The van der Waals surface area contributed by atoms with Crippen molar-refractivity contribution >= 4 is 15.7 Å². The third-order valence-corrected chi connectivity index (χ3v) is 3.30. The van der Waals surface area contributed by atoms with Crippen molar-refractivity contribution in [2.24, 2.45) is 0 Å². The highest BCUT2D eigenvalue weighted by Gasteiger charge is 2.27. The minimum atomic E-state index is -4.46. The number of benzene rings is 1. The van der Waals surface area contributed by atoms with Crippen molar-refractivity contribution in [3.8, 4) is 0 Å². The first-order valence-corrected chi connectivity index (χ1v) is 8.28. The number of nitrogens with one attached hydrogen (secondary N) is 1. The smallest absolute Gasteiger partial charge is 0.362 e. The van der Waals surface area contributed by atoms with E-state index in [4.69, 9.17) is 0 Å². The fourth-order valence-corrected chi connectivity index (χ4v) is 2.37. The lowest BCUT2D eigenvalue weighted by Gasteiger charge is -2.08. The minimum Gasteiger partial charge on any atom is -0.362 e. The lowest BCUT2D eigenvalue weighted by molar-refractivity contribution is -0.175. The van der Waals surface area contributed by atoms with Gasteiger partial charge in [-0.15, -0.1) is 0 Å². The van der Waals surface area contributed by atoms with Gasteiger partial charge in [0.1, 0.15) is 13.2 Å². The zero-order valence-corrected chi connectivity index (χ0v) is 12.6. The molecule has 0 atom stereocenters. The van der Waals surface area contributed by atoms with Crippen LogP contribution in [-0.4, -0.2) is 40.0 Å². The number of hydrogen-bond donors (Lipinski definition) is 1. The molecule has 1 amide bonds.